The summed E-state index contributed by atoms with van der Waals surface area (Å²) in [7, 11) is 1.90. The molecule has 0 saturated heterocycles. The summed E-state index contributed by atoms with van der Waals surface area (Å²) in [5, 5.41) is 11.6. The number of hydrogen-bond donors (Lipinski definition) is 1. The molecule has 5 nitrogen and oxygen atoms in total. The van der Waals surface area contributed by atoms with Crippen LogP contribution in [0, 0.1) is 6.92 Å². The predicted molar refractivity (Wildman–Crippen MR) is 98.3 cm³/mol. The van der Waals surface area contributed by atoms with Gasteiger partial charge in [-0.3, -0.25) is 4.79 Å². The Morgan fingerprint density at radius 3 is 2.67 bits per heavy atom. The number of amides is 1. The van der Waals surface area contributed by atoms with Crippen molar-refractivity contribution < 1.29 is 4.79 Å². The van der Waals surface area contributed by atoms with Gasteiger partial charge in [-0.2, -0.15) is 0 Å². The Labute approximate surface area is 148 Å². The molecule has 0 saturated carbocycles. The maximum absolute atomic E-state index is 12.0. The van der Waals surface area contributed by atoms with Crippen molar-refractivity contribution in [2.45, 2.75) is 17.0 Å². The first-order valence-electron chi connectivity index (χ1n) is 7.27. The molecule has 3 rings (SSSR count). The highest BCUT2D eigenvalue weighted by molar-refractivity contribution is 7.99. The number of thiophene rings is 1. The maximum Gasteiger partial charge on any atom is 0.248 e. The van der Waals surface area contributed by atoms with E-state index in [-0.39, 0.29) is 5.91 Å². The summed E-state index contributed by atoms with van der Waals surface area (Å²) in [6, 6.07) is 11.7. The van der Waals surface area contributed by atoms with E-state index >= 15 is 0 Å². The van der Waals surface area contributed by atoms with Crippen LogP contribution in [0.5, 0.6) is 0 Å². The van der Waals surface area contributed by atoms with Crippen molar-refractivity contribution in [1.82, 2.24) is 14.8 Å². The molecule has 1 amide bonds. The number of aromatic nitrogens is 3. The zero-order chi connectivity index (χ0) is 16.9. The van der Waals surface area contributed by atoms with Crippen LogP contribution < -0.4 is 5.32 Å². The summed E-state index contributed by atoms with van der Waals surface area (Å²) in [5.41, 5.74) is 0.759. The maximum atomic E-state index is 12.0. The Hall–Kier alpha value is -2.38. The van der Waals surface area contributed by atoms with Crippen LogP contribution in [0.15, 0.2) is 58.9 Å². The third-order valence-corrected chi connectivity index (χ3v) is 5.19. The van der Waals surface area contributed by atoms with Crippen LogP contribution in [-0.4, -0.2) is 20.7 Å². The van der Waals surface area contributed by atoms with Crippen LogP contribution in [0.25, 0.3) is 6.08 Å². The van der Waals surface area contributed by atoms with E-state index in [0.717, 1.165) is 20.6 Å². The Balaban J connectivity index is 1.58. The number of rotatable bonds is 5. The molecule has 1 aromatic carbocycles. The number of hydrogen-bond acceptors (Lipinski definition) is 5. The molecule has 0 aliphatic rings. The normalized spacial score (nSPS) is 11.1. The first-order valence-corrected chi connectivity index (χ1v) is 8.91. The molecule has 7 heteroatoms. The van der Waals surface area contributed by atoms with Crippen LogP contribution in [0.4, 0.5) is 5.69 Å². The van der Waals surface area contributed by atoms with Gasteiger partial charge in [0.1, 0.15) is 6.33 Å². The van der Waals surface area contributed by atoms with Crippen LogP contribution in [0.3, 0.4) is 0 Å². The number of nitrogens with zero attached hydrogens (tertiary/aromatic N) is 3. The molecule has 122 valence electrons. The molecule has 0 unspecified atom stereocenters. The quantitative estimate of drug-likeness (QED) is 0.702. The van der Waals surface area contributed by atoms with Gasteiger partial charge in [-0.1, -0.05) is 0 Å². The number of anilines is 1. The molecule has 0 aliphatic heterocycles. The molecule has 0 bridgehead atoms. The molecule has 0 atom stereocenters. The van der Waals surface area contributed by atoms with Crippen molar-refractivity contribution in [2.24, 2.45) is 7.05 Å². The van der Waals surface area contributed by atoms with E-state index in [4.69, 9.17) is 0 Å². The Morgan fingerprint density at radius 2 is 2.04 bits per heavy atom. The monoisotopic (exact) mass is 356 g/mol. The summed E-state index contributed by atoms with van der Waals surface area (Å²) in [6.45, 7) is 2.04. The van der Waals surface area contributed by atoms with Gasteiger partial charge < -0.3 is 9.88 Å². The Bertz CT molecular complexity index is 865. The summed E-state index contributed by atoms with van der Waals surface area (Å²) in [4.78, 5) is 15.3. The molecule has 0 fully saturated rings. The predicted octanol–water partition coefficient (Wildman–Crippen LogP) is 3.99. The molecule has 1 N–H and O–H groups in total. The van der Waals surface area contributed by atoms with Crippen molar-refractivity contribution >= 4 is 40.8 Å². The van der Waals surface area contributed by atoms with Gasteiger partial charge in [0.05, 0.1) is 0 Å². The van der Waals surface area contributed by atoms with Gasteiger partial charge in [0.2, 0.25) is 5.91 Å². The van der Waals surface area contributed by atoms with Crippen LogP contribution in [-0.2, 0) is 11.8 Å². The first kappa shape index (κ1) is 16.5. The topological polar surface area (TPSA) is 59.8 Å². The van der Waals surface area contributed by atoms with Gasteiger partial charge in [0, 0.05) is 33.5 Å². The summed E-state index contributed by atoms with van der Waals surface area (Å²) >= 11 is 3.18. The van der Waals surface area contributed by atoms with Crippen LogP contribution >= 0.6 is 23.1 Å². The van der Waals surface area contributed by atoms with E-state index in [9.17, 15) is 4.79 Å². The van der Waals surface area contributed by atoms with E-state index in [1.54, 1.807) is 23.7 Å². The lowest BCUT2D eigenvalue weighted by molar-refractivity contribution is -0.111. The molecule has 2 heterocycles. The average molecular weight is 356 g/mol. The first-order chi connectivity index (χ1) is 11.6. The van der Waals surface area contributed by atoms with E-state index < -0.39 is 0 Å². The highest BCUT2D eigenvalue weighted by Crippen LogP contribution is 2.26. The number of nitrogens with one attached hydrogen (secondary N) is 1. The lowest BCUT2D eigenvalue weighted by atomic mass is 10.3. The van der Waals surface area contributed by atoms with Crippen molar-refractivity contribution in [3.63, 3.8) is 0 Å². The third kappa shape index (κ3) is 4.33. The smallest absolute Gasteiger partial charge is 0.248 e. The van der Waals surface area contributed by atoms with Crippen molar-refractivity contribution in [1.29, 1.82) is 0 Å². The zero-order valence-electron chi connectivity index (χ0n) is 13.3. The van der Waals surface area contributed by atoms with E-state index in [1.165, 1.54) is 16.6 Å². The van der Waals surface area contributed by atoms with Crippen molar-refractivity contribution in [3.05, 3.63) is 58.6 Å². The number of carbonyl (C=O) groups is 1. The number of benzene rings is 1. The molecule has 24 heavy (non-hydrogen) atoms. The number of carbonyl (C=O) groups excluding carboxylic acids is 1. The highest BCUT2D eigenvalue weighted by atomic mass is 32.2. The molecule has 2 aromatic heterocycles. The van der Waals surface area contributed by atoms with Gasteiger partial charge in [-0.15, -0.1) is 21.5 Å². The SMILES string of the molecule is Cc1ccc(/C=C/C(=O)Nc2ccc(Sc3nncn3C)cc2)s1. The highest BCUT2D eigenvalue weighted by Gasteiger charge is 2.04. The minimum Gasteiger partial charge on any atom is -0.323 e. The van der Waals surface area contributed by atoms with E-state index in [0.29, 0.717) is 0 Å². The second-order valence-electron chi connectivity index (χ2n) is 5.12. The molecule has 0 spiro atoms. The van der Waals surface area contributed by atoms with Gasteiger partial charge in [-0.05, 0) is 61.2 Å². The van der Waals surface area contributed by atoms with Crippen molar-refractivity contribution in [2.75, 3.05) is 5.32 Å². The fourth-order valence-corrected chi connectivity index (χ4v) is 3.50. The van der Waals surface area contributed by atoms with Crippen LogP contribution in [0.1, 0.15) is 9.75 Å². The molecule has 0 aliphatic carbocycles. The Kier molecular flexibility index (Phi) is 5.12. The second kappa shape index (κ2) is 7.46. The summed E-state index contributed by atoms with van der Waals surface area (Å²) < 4.78 is 1.86. The molecular formula is C17H16N4OS2. The zero-order valence-corrected chi connectivity index (χ0v) is 14.9. The molecule has 3 aromatic rings. The minimum absolute atomic E-state index is 0.144. The lowest BCUT2D eigenvalue weighted by Gasteiger charge is -2.04. The van der Waals surface area contributed by atoms with Crippen LogP contribution in [0.2, 0.25) is 0 Å². The van der Waals surface area contributed by atoms with Gasteiger partial charge in [0.25, 0.3) is 0 Å². The third-order valence-electron chi connectivity index (χ3n) is 3.16. The minimum atomic E-state index is -0.144. The average Bonchev–Trinajstić information content (AvgIpc) is 3.16. The molecular weight excluding hydrogens is 340 g/mol. The van der Waals surface area contributed by atoms with Gasteiger partial charge >= 0.3 is 0 Å². The van der Waals surface area contributed by atoms with Gasteiger partial charge in [0.15, 0.2) is 5.16 Å². The lowest BCUT2D eigenvalue weighted by Crippen LogP contribution is -2.07. The van der Waals surface area contributed by atoms with Crippen molar-refractivity contribution in [3.8, 4) is 0 Å². The van der Waals surface area contributed by atoms with E-state index in [2.05, 4.69) is 15.5 Å². The van der Waals surface area contributed by atoms with E-state index in [1.807, 2.05) is 61.0 Å². The molecule has 0 radical (unpaired) electrons. The van der Waals surface area contributed by atoms with Gasteiger partial charge in [-0.25, -0.2) is 0 Å². The number of aryl methyl sites for hydroxylation is 2. The fraction of sp³-hybridized carbons (Fsp3) is 0.118. The second-order valence-corrected chi connectivity index (χ2v) is 7.48. The summed E-state index contributed by atoms with van der Waals surface area (Å²) in [6.07, 6.45) is 5.04. The standard InChI is InChI=1S/C17H16N4OS2/c1-12-3-6-14(23-12)9-10-16(22)19-13-4-7-15(8-5-13)24-17-20-18-11-21(17)2/h3-11H,1-2H3,(H,19,22)/b10-9+. The fourth-order valence-electron chi connectivity index (χ4n) is 1.96. The largest absolute Gasteiger partial charge is 0.323 e. The Morgan fingerprint density at radius 1 is 1.25 bits per heavy atom. The summed E-state index contributed by atoms with van der Waals surface area (Å²) in [5.74, 6) is -0.144.